The maximum absolute atomic E-state index is 13.0. The highest BCUT2D eigenvalue weighted by atomic mass is 79.9. The van der Waals surface area contributed by atoms with Gasteiger partial charge in [0.2, 0.25) is 0 Å². The van der Waals surface area contributed by atoms with E-state index in [1.54, 1.807) is 0 Å². The summed E-state index contributed by atoms with van der Waals surface area (Å²) < 4.78 is 26.4. The zero-order valence-electron chi connectivity index (χ0n) is 6.14. The summed E-state index contributed by atoms with van der Waals surface area (Å²) in [6.45, 7) is 0. The monoisotopic (exact) mass is 264 g/mol. The largest absolute Gasteiger partial charge is 0.375 e. The van der Waals surface area contributed by atoms with E-state index >= 15 is 0 Å². The van der Waals surface area contributed by atoms with Gasteiger partial charge in [0.15, 0.2) is 16.8 Å². The number of anilines is 1. The van der Waals surface area contributed by atoms with Crippen LogP contribution in [0.3, 0.4) is 0 Å². The summed E-state index contributed by atoms with van der Waals surface area (Å²) >= 11 is 4.04. The van der Waals surface area contributed by atoms with Gasteiger partial charge in [0.1, 0.15) is 5.52 Å². The second-order valence-electron chi connectivity index (χ2n) is 2.39. The Morgan fingerprint density at radius 1 is 1.46 bits per heavy atom. The number of rotatable bonds is 0. The van der Waals surface area contributed by atoms with E-state index in [1.165, 1.54) is 0 Å². The van der Waals surface area contributed by atoms with Crippen molar-refractivity contribution in [2.75, 3.05) is 5.73 Å². The summed E-state index contributed by atoms with van der Waals surface area (Å²) in [6.07, 6.45) is 0. The quantitative estimate of drug-likeness (QED) is 0.744. The average Bonchev–Trinajstić information content (AvgIpc) is 2.42. The van der Waals surface area contributed by atoms with Gasteiger partial charge in [-0.15, -0.1) is 0 Å². The summed E-state index contributed by atoms with van der Waals surface area (Å²) in [5.41, 5.74) is 5.76. The molecule has 0 amide bonds. The Balaban J connectivity index is 2.92. The van der Waals surface area contributed by atoms with Gasteiger partial charge in [-0.05, 0) is 22.0 Å². The van der Waals surface area contributed by atoms with E-state index in [0.29, 0.717) is 15.3 Å². The minimum absolute atomic E-state index is 0.0236. The molecule has 2 N–H and O–H groups in total. The number of nitrogen functional groups attached to an aromatic ring is 1. The Kier molecular flexibility index (Phi) is 1.96. The second-order valence-corrected chi connectivity index (χ2v) is 4.24. The molecule has 0 aliphatic carbocycles. The molecule has 0 radical (unpaired) electrons. The van der Waals surface area contributed by atoms with E-state index in [1.807, 2.05) is 0 Å². The molecule has 1 heterocycles. The van der Waals surface area contributed by atoms with E-state index in [9.17, 15) is 8.78 Å². The molecular weight excluding hydrogens is 262 g/mol. The summed E-state index contributed by atoms with van der Waals surface area (Å²) in [7, 11) is 0. The Bertz CT molecular complexity index is 483. The molecule has 0 fully saturated rings. The zero-order chi connectivity index (χ0) is 9.59. The second kappa shape index (κ2) is 2.88. The number of hydrogen-bond acceptors (Lipinski definition) is 3. The van der Waals surface area contributed by atoms with Crippen molar-refractivity contribution in [3.05, 3.63) is 22.2 Å². The molecule has 2 nitrogen and oxygen atoms in total. The Hall–Kier alpha value is -0.750. The Labute approximate surface area is 84.5 Å². The topological polar surface area (TPSA) is 38.9 Å². The molecule has 0 aliphatic rings. The van der Waals surface area contributed by atoms with Gasteiger partial charge in [0, 0.05) is 0 Å². The first-order valence-corrected chi connectivity index (χ1v) is 4.90. The molecule has 0 unspecified atom stereocenters. The van der Waals surface area contributed by atoms with Gasteiger partial charge in [0.25, 0.3) is 0 Å². The highest BCUT2D eigenvalue weighted by Crippen LogP contribution is 2.32. The third-order valence-electron chi connectivity index (χ3n) is 1.54. The highest BCUT2D eigenvalue weighted by molar-refractivity contribution is 9.10. The average molecular weight is 265 g/mol. The molecule has 2 rings (SSSR count). The van der Waals surface area contributed by atoms with Gasteiger partial charge in [0.05, 0.1) is 9.17 Å². The molecule has 68 valence electrons. The zero-order valence-corrected chi connectivity index (χ0v) is 8.55. The van der Waals surface area contributed by atoms with Crippen molar-refractivity contribution in [3.63, 3.8) is 0 Å². The van der Waals surface area contributed by atoms with E-state index in [-0.39, 0.29) is 4.47 Å². The van der Waals surface area contributed by atoms with Crippen LogP contribution in [-0.2, 0) is 0 Å². The predicted molar refractivity (Wildman–Crippen MR) is 51.6 cm³/mol. The number of fused-ring (bicyclic) bond motifs is 1. The standard InChI is InChI=1S/C7H3BrF2N2S/c8-4-5(10)2(9)1-3-6(4)12-7(11)13-3/h1H,(H2,11,12). The van der Waals surface area contributed by atoms with Gasteiger partial charge in [-0.1, -0.05) is 11.3 Å². The van der Waals surface area contributed by atoms with Crippen molar-refractivity contribution in [1.29, 1.82) is 0 Å². The number of halogens is 3. The first-order valence-electron chi connectivity index (χ1n) is 3.29. The van der Waals surface area contributed by atoms with Gasteiger partial charge in [-0.2, -0.15) is 0 Å². The van der Waals surface area contributed by atoms with Crippen LogP contribution >= 0.6 is 27.3 Å². The first kappa shape index (κ1) is 8.83. The summed E-state index contributed by atoms with van der Waals surface area (Å²) in [6, 6.07) is 1.09. The van der Waals surface area contributed by atoms with Crippen molar-refractivity contribution in [2.45, 2.75) is 0 Å². The molecule has 0 bridgehead atoms. The van der Waals surface area contributed by atoms with Gasteiger partial charge in [-0.3, -0.25) is 0 Å². The highest BCUT2D eigenvalue weighted by Gasteiger charge is 2.14. The lowest BCUT2D eigenvalue weighted by Crippen LogP contribution is -1.86. The normalized spacial score (nSPS) is 11.0. The maximum Gasteiger partial charge on any atom is 0.181 e. The molecule has 2 aromatic rings. The van der Waals surface area contributed by atoms with Crippen LogP contribution in [0, 0.1) is 11.6 Å². The van der Waals surface area contributed by atoms with Gasteiger partial charge in [-0.25, -0.2) is 13.8 Å². The summed E-state index contributed by atoms with van der Waals surface area (Å²) in [5, 5.41) is 0.292. The summed E-state index contributed by atoms with van der Waals surface area (Å²) in [5.74, 6) is -1.83. The van der Waals surface area contributed by atoms with Crippen LogP contribution in [0.2, 0.25) is 0 Å². The molecule has 0 spiro atoms. The van der Waals surface area contributed by atoms with E-state index < -0.39 is 11.6 Å². The molecule has 0 saturated heterocycles. The van der Waals surface area contributed by atoms with Crippen molar-refractivity contribution < 1.29 is 8.78 Å². The fraction of sp³-hybridized carbons (Fsp3) is 0. The Morgan fingerprint density at radius 3 is 2.85 bits per heavy atom. The van der Waals surface area contributed by atoms with Crippen LogP contribution in [0.5, 0.6) is 0 Å². The minimum Gasteiger partial charge on any atom is -0.375 e. The fourth-order valence-electron chi connectivity index (χ4n) is 0.991. The molecular formula is C7H3BrF2N2S. The smallest absolute Gasteiger partial charge is 0.181 e. The third-order valence-corrected chi connectivity index (χ3v) is 3.09. The fourth-order valence-corrected chi connectivity index (χ4v) is 2.38. The number of benzene rings is 1. The number of aromatic nitrogens is 1. The van der Waals surface area contributed by atoms with Gasteiger partial charge < -0.3 is 5.73 Å². The molecule has 6 heteroatoms. The van der Waals surface area contributed by atoms with E-state index in [4.69, 9.17) is 5.73 Å². The molecule has 0 aliphatic heterocycles. The summed E-state index contributed by atoms with van der Waals surface area (Å²) in [4.78, 5) is 3.86. The third kappa shape index (κ3) is 1.30. The van der Waals surface area contributed by atoms with Crippen LogP contribution in [0.1, 0.15) is 0 Å². The van der Waals surface area contributed by atoms with Crippen LogP contribution in [0.25, 0.3) is 10.2 Å². The number of nitrogens with two attached hydrogens (primary N) is 1. The van der Waals surface area contributed by atoms with E-state index in [0.717, 1.165) is 17.4 Å². The lowest BCUT2D eigenvalue weighted by Gasteiger charge is -1.95. The first-order chi connectivity index (χ1) is 6.09. The number of thiazole rings is 1. The predicted octanol–water partition coefficient (Wildman–Crippen LogP) is 2.92. The van der Waals surface area contributed by atoms with Crippen molar-refractivity contribution in [2.24, 2.45) is 0 Å². The van der Waals surface area contributed by atoms with Crippen molar-refractivity contribution in [3.8, 4) is 0 Å². The molecule has 0 saturated carbocycles. The molecule has 1 aromatic carbocycles. The van der Waals surface area contributed by atoms with Crippen LogP contribution in [0.4, 0.5) is 13.9 Å². The lowest BCUT2D eigenvalue weighted by molar-refractivity contribution is 0.507. The van der Waals surface area contributed by atoms with Crippen LogP contribution in [-0.4, -0.2) is 4.98 Å². The maximum atomic E-state index is 13.0. The Morgan fingerprint density at radius 2 is 2.15 bits per heavy atom. The lowest BCUT2D eigenvalue weighted by atomic mass is 10.3. The molecule has 13 heavy (non-hydrogen) atoms. The molecule has 1 aromatic heterocycles. The van der Waals surface area contributed by atoms with Crippen LogP contribution < -0.4 is 5.73 Å². The van der Waals surface area contributed by atoms with Gasteiger partial charge >= 0.3 is 0 Å². The SMILES string of the molecule is Nc1nc2c(Br)c(F)c(F)cc2s1. The number of hydrogen-bond donors (Lipinski definition) is 1. The van der Waals surface area contributed by atoms with Crippen LogP contribution in [0.15, 0.2) is 10.5 Å². The minimum atomic E-state index is -0.933. The van der Waals surface area contributed by atoms with E-state index in [2.05, 4.69) is 20.9 Å². The molecule has 0 atom stereocenters. The number of nitrogens with zero attached hydrogens (tertiary/aromatic N) is 1. The van der Waals surface area contributed by atoms with Crippen molar-refractivity contribution in [1.82, 2.24) is 4.98 Å². The van der Waals surface area contributed by atoms with Crippen molar-refractivity contribution >= 4 is 42.6 Å².